The maximum Gasteiger partial charge on any atom is 0.266 e. The first-order chi connectivity index (χ1) is 16.8. The van der Waals surface area contributed by atoms with Gasteiger partial charge in [0.15, 0.2) is 5.16 Å². The standard InChI is InChI=1S/C28H28ClN3O2S/c1-5-31(6-2)26(33)21-10-11-24-25(16-21)30-28(35-17-20-8-7-9-22(29)15-20)32(27(24)34)23-13-18(3)12-19(4)14-23/h7-16H,5-6,17H2,1-4H3. The summed E-state index contributed by atoms with van der Waals surface area (Å²) in [5.41, 5.74) is 4.84. The van der Waals surface area contributed by atoms with Gasteiger partial charge in [-0.3, -0.25) is 14.2 Å². The van der Waals surface area contributed by atoms with Gasteiger partial charge in [0.2, 0.25) is 0 Å². The topological polar surface area (TPSA) is 55.2 Å². The van der Waals surface area contributed by atoms with Crippen LogP contribution in [0.4, 0.5) is 0 Å². The van der Waals surface area contributed by atoms with Crippen molar-refractivity contribution in [2.24, 2.45) is 0 Å². The Kier molecular flexibility index (Phi) is 7.63. The Hall–Kier alpha value is -3.09. The molecule has 180 valence electrons. The number of carbonyl (C=O) groups is 1. The molecule has 35 heavy (non-hydrogen) atoms. The summed E-state index contributed by atoms with van der Waals surface area (Å²) in [5, 5.41) is 1.72. The predicted molar refractivity (Wildman–Crippen MR) is 145 cm³/mol. The molecule has 0 N–H and O–H groups in total. The van der Waals surface area contributed by atoms with E-state index < -0.39 is 0 Å². The molecular weight excluding hydrogens is 478 g/mol. The molecule has 0 aliphatic carbocycles. The lowest BCUT2D eigenvalue weighted by Crippen LogP contribution is -2.30. The van der Waals surface area contributed by atoms with Gasteiger partial charge in [0.1, 0.15) is 0 Å². The fourth-order valence-corrected chi connectivity index (χ4v) is 5.34. The van der Waals surface area contributed by atoms with E-state index in [1.807, 2.05) is 64.1 Å². The highest BCUT2D eigenvalue weighted by Crippen LogP contribution is 2.27. The summed E-state index contributed by atoms with van der Waals surface area (Å²) in [6.45, 7) is 9.17. The van der Waals surface area contributed by atoms with E-state index in [9.17, 15) is 9.59 Å². The van der Waals surface area contributed by atoms with Crippen LogP contribution in [0.5, 0.6) is 0 Å². The summed E-state index contributed by atoms with van der Waals surface area (Å²) < 4.78 is 1.67. The Labute approximate surface area is 214 Å². The van der Waals surface area contributed by atoms with Crippen LogP contribution < -0.4 is 5.56 Å². The molecule has 0 aliphatic heterocycles. The molecule has 1 amide bonds. The fraction of sp³-hybridized carbons (Fsp3) is 0.250. The summed E-state index contributed by atoms with van der Waals surface area (Å²) in [6.07, 6.45) is 0. The first-order valence-corrected chi connectivity index (χ1v) is 13.0. The molecule has 0 spiro atoms. The monoisotopic (exact) mass is 505 g/mol. The third-order valence-corrected chi connectivity index (χ3v) is 7.10. The van der Waals surface area contributed by atoms with Crippen molar-refractivity contribution < 1.29 is 4.79 Å². The average Bonchev–Trinajstić information content (AvgIpc) is 2.82. The van der Waals surface area contributed by atoms with Crippen molar-refractivity contribution in [3.05, 3.63) is 98.3 Å². The largest absolute Gasteiger partial charge is 0.339 e. The number of hydrogen-bond donors (Lipinski definition) is 0. The van der Waals surface area contributed by atoms with Crippen molar-refractivity contribution in [1.29, 1.82) is 0 Å². The molecule has 0 unspecified atom stereocenters. The average molecular weight is 506 g/mol. The van der Waals surface area contributed by atoms with E-state index in [0.29, 0.717) is 45.5 Å². The van der Waals surface area contributed by atoms with Gasteiger partial charge in [-0.05, 0) is 86.8 Å². The van der Waals surface area contributed by atoms with Crippen LogP contribution in [0.3, 0.4) is 0 Å². The van der Waals surface area contributed by atoms with Gasteiger partial charge >= 0.3 is 0 Å². The lowest BCUT2D eigenvalue weighted by Gasteiger charge is -2.19. The van der Waals surface area contributed by atoms with Gasteiger partial charge in [0.05, 0.1) is 16.6 Å². The Morgan fingerprint density at radius 1 is 1.00 bits per heavy atom. The molecule has 3 aromatic carbocycles. The molecule has 0 radical (unpaired) electrons. The summed E-state index contributed by atoms with van der Waals surface area (Å²) in [7, 11) is 0. The van der Waals surface area contributed by atoms with Crippen molar-refractivity contribution in [3.8, 4) is 5.69 Å². The number of aromatic nitrogens is 2. The summed E-state index contributed by atoms with van der Waals surface area (Å²) >= 11 is 7.64. The molecular formula is C28H28ClN3O2S. The number of nitrogens with zero attached hydrogens (tertiary/aromatic N) is 3. The molecule has 0 atom stereocenters. The van der Waals surface area contributed by atoms with Crippen molar-refractivity contribution in [1.82, 2.24) is 14.5 Å². The van der Waals surface area contributed by atoms with Crippen molar-refractivity contribution in [3.63, 3.8) is 0 Å². The number of hydrogen-bond acceptors (Lipinski definition) is 4. The van der Waals surface area contributed by atoms with Crippen molar-refractivity contribution in [2.45, 2.75) is 38.6 Å². The minimum absolute atomic E-state index is 0.0645. The zero-order chi connectivity index (χ0) is 25.1. The number of aryl methyl sites for hydroxylation is 2. The second-order valence-corrected chi connectivity index (χ2v) is 9.89. The van der Waals surface area contributed by atoms with Gasteiger partial charge in [0, 0.05) is 29.4 Å². The number of carbonyl (C=O) groups excluding carboxylic acids is 1. The van der Waals surface area contributed by atoms with Crippen LogP contribution in [-0.4, -0.2) is 33.4 Å². The van der Waals surface area contributed by atoms with Gasteiger partial charge < -0.3 is 4.90 Å². The first kappa shape index (κ1) is 25.0. The number of rotatable bonds is 7. The highest BCUT2D eigenvalue weighted by molar-refractivity contribution is 7.98. The van der Waals surface area contributed by atoms with E-state index in [4.69, 9.17) is 16.6 Å². The molecule has 0 saturated heterocycles. The number of amides is 1. The number of thioether (sulfide) groups is 1. The van der Waals surface area contributed by atoms with Crippen LogP contribution >= 0.6 is 23.4 Å². The number of fused-ring (bicyclic) bond motifs is 1. The minimum atomic E-state index is -0.157. The Morgan fingerprint density at radius 2 is 1.71 bits per heavy atom. The molecule has 5 nitrogen and oxygen atoms in total. The van der Waals surface area contributed by atoms with E-state index in [1.165, 1.54) is 11.8 Å². The van der Waals surface area contributed by atoms with E-state index in [-0.39, 0.29) is 11.5 Å². The Bertz CT molecular complexity index is 1440. The smallest absolute Gasteiger partial charge is 0.266 e. The molecule has 0 fully saturated rings. The van der Waals surface area contributed by atoms with E-state index in [1.54, 1.807) is 27.7 Å². The van der Waals surface area contributed by atoms with Crippen molar-refractivity contribution >= 4 is 40.2 Å². The van der Waals surface area contributed by atoms with E-state index >= 15 is 0 Å². The summed E-state index contributed by atoms with van der Waals surface area (Å²) in [4.78, 5) is 33.3. The quantitative estimate of drug-likeness (QED) is 0.214. The first-order valence-electron chi connectivity index (χ1n) is 11.6. The Morgan fingerprint density at radius 3 is 2.37 bits per heavy atom. The summed E-state index contributed by atoms with van der Waals surface area (Å²) in [5.74, 6) is 0.534. The van der Waals surface area contributed by atoms with E-state index in [2.05, 4.69) is 6.07 Å². The highest BCUT2D eigenvalue weighted by atomic mass is 35.5. The molecule has 0 saturated carbocycles. The summed E-state index contributed by atoms with van der Waals surface area (Å²) in [6, 6.07) is 18.9. The van der Waals surface area contributed by atoms with Gasteiger partial charge in [-0.1, -0.05) is 41.6 Å². The highest BCUT2D eigenvalue weighted by Gasteiger charge is 2.18. The van der Waals surface area contributed by atoms with Crippen LogP contribution in [0.1, 0.15) is 40.9 Å². The van der Waals surface area contributed by atoms with Crippen LogP contribution in [0.2, 0.25) is 5.02 Å². The predicted octanol–water partition coefficient (Wildman–Crippen LogP) is 6.43. The van der Waals surface area contributed by atoms with Gasteiger partial charge in [-0.15, -0.1) is 0 Å². The maximum atomic E-state index is 13.8. The third-order valence-electron chi connectivity index (χ3n) is 5.86. The molecule has 4 aromatic rings. The van der Waals surface area contributed by atoms with Crippen LogP contribution in [0, 0.1) is 13.8 Å². The van der Waals surface area contributed by atoms with Crippen LogP contribution in [-0.2, 0) is 5.75 Å². The van der Waals surface area contributed by atoms with Gasteiger partial charge in [-0.2, -0.15) is 0 Å². The second-order valence-electron chi connectivity index (χ2n) is 8.51. The van der Waals surface area contributed by atoms with Crippen LogP contribution in [0.15, 0.2) is 70.6 Å². The Balaban J connectivity index is 1.87. The second kappa shape index (κ2) is 10.7. The lowest BCUT2D eigenvalue weighted by molar-refractivity contribution is 0.0773. The molecule has 0 aliphatic rings. The normalized spacial score (nSPS) is 11.1. The number of halogens is 1. The van der Waals surface area contributed by atoms with Gasteiger partial charge in [-0.25, -0.2) is 4.98 Å². The third kappa shape index (κ3) is 5.44. The maximum absolute atomic E-state index is 13.8. The zero-order valence-corrected chi connectivity index (χ0v) is 21.9. The molecule has 1 heterocycles. The lowest BCUT2D eigenvalue weighted by atomic mass is 10.1. The molecule has 4 rings (SSSR count). The molecule has 1 aromatic heterocycles. The zero-order valence-electron chi connectivity index (χ0n) is 20.3. The molecule has 7 heteroatoms. The van der Waals surface area contributed by atoms with Gasteiger partial charge in [0.25, 0.3) is 11.5 Å². The number of benzene rings is 3. The SMILES string of the molecule is CCN(CC)C(=O)c1ccc2c(=O)n(-c3cc(C)cc(C)c3)c(SCc3cccc(Cl)c3)nc2c1. The fourth-order valence-electron chi connectivity index (χ4n) is 4.17. The van der Waals surface area contributed by atoms with E-state index in [0.717, 1.165) is 22.4 Å². The molecule has 0 bridgehead atoms. The minimum Gasteiger partial charge on any atom is -0.339 e. The van der Waals surface area contributed by atoms with Crippen LogP contribution in [0.25, 0.3) is 16.6 Å². The van der Waals surface area contributed by atoms with Crippen molar-refractivity contribution in [2.75, 3.05) is 13.1 Å².